The number of hydrogen-bond donors (Lipinski definition) is 0. The van der Waals surface area contributed by atoms with Crippen LogP contribution in [0.1, 0.15) is 21.7 Å². The van der Waals surface area contributed by atoms with Crippen LogP contribution in [0, 0.1) is 6.92 Å². The van der Waals surface area contributed by atoms with E-state index in [4.69, 9.17) is 0 Å². The van der Waals surface area contributed by atoms with Gasteiger partial charge in [0.05, 0.1) is 5.69 Å². The highest BCUT2D eigenvalue weighted by molar-refractivity contribution is 5.92. The average Bonchev–Trinajstić information content (AvgIpc) is 3.04. The van der Waals surface area contributed by atoms with E-state index in [0.29, 0.717) is 0 Å². The van der Waals surface area contributed by atoms with Gasteiger partial charge in [0.25, 0.3) is 5.91 Å². The van der Waals surface area contributed by atoms with Gasteiger partial charge in [0.1, 0.15) is 5.75 Å². The van der Waals surface area contributed by atoms with E-state index in [1.165, 1.54) is 30.1 Å². The van der Waals surface area contributed by atoms with Gasteiger partial charge in [-0.15, -0.1) is 13.2 Å². The number of aromatic nitrogens is 2. The van der Waals surface area contributed by atoms with Crippen LogP contribution in [-0.4, -0.2) is 34.0 Å². The number of alkyl halides is 3. The smallest absolute Gasteiger partial charge is 0.405 e. The Balaban J connectivity index is 1.80. The van der Waals surface area contributed by atoms with Gasteiger partial charge in [-0.2, -0.15) is 5.10 Å². The van der Waals surface area contributed by atoms with Crippen LogP contribution in [0.15, 0.2) is 60.7 Å². The summed E-state index contributed by atoms with van der Waals surface area (Å²) in [6.45, 7) is 1.77. The largest absolute Gasteiger partial charge is 0.573 e. The first-order valence-electron chi connectivity index (χ1n) is 8.46. The molecule has 1 aromatic heterocycles. The molecule has 0 aliphatic carbocycles. The first-order chi connectivity index (χ1) is 13.2. The van der Waals surface area contributed by atoms with Crippen LogP contribution in [0.25, 0.3) is 5.69 Å². The first-order valence-corrected chi connectivity index (χ1v) is 8.46. The second-order valence-electron chi connectivity index (χ2n) is 6.24. The number of ether oxygens (including phenoxy) is 1. The van der Waals surface area contributed by atoms with Crippen molar-refractivity contribution in [1.29, 1.82) is 0 Å². The quantitative estimate of drug-likeness (QED) is 0.652. The third-order valence-electron chi connectivity index (χ3n) is 4.06. The summed E-state index contributed by atoms with van der Waals surface area (Å²) in [5, 5.41) is 4.34. The minimum atomic E-state index is -4.80. The van der Waals surface area contributed by atoms with Crippen molar-refractivity contribution in [1.82, 2.24) is 14.7 Å². The summed E-state index contributed by atoms with van der Waals surface area (Å²) in [5.41, 5.74) is 2.03. The number of carbonyl (C=O) groups is 1. The Morgan fingerprint density at radius 1 is 1.11 bits per heavy atom. The fraction of sp³-hybridized carbons (Fsp3) is 0.200. The summed E-state index contributed by atoms with van der Waals surface area (Å²) in [7, 11) is 1.50. The third-order valence-corrected chi connectivity index (χ3v) is 4.06. The maximum atomic E-state index is 12.7. The van der Waals surface area contributed by atoms with Crippen molar-refractivity contribution in [3.63, 3.8) is 0 Å². The van der Waals surface area contributed by atoms with Crippen LogP contribution in [0.3, 0.4) is 0 Å². The number of aryl methyl sites for hydroxylation is 1. The molecular weight excluding hydrogens is 371 g/mol. The Morgan fingerprint density at radius 3 is 2.43 bits per heavy atom. The maximum absolute atomic E-state index is 12.7. The molecular formula is C20H18F3N3O2. The number of hydrogen-bond acceptors (Lipinski definition) is 3. The molecule has 0 saturated carbocycles. The fourth-order valence-corrected chi connectivity index (χ4v) is 2.79. The molecule has 0 N–H and O–H groups in total. The molecule has 0 bridgehead atoms. The van der Waals surface area contributed by atoms with Crippen molar-refractivity contribution < 1.29 is 22.7 Å². The zero-order chi connectivity index (χ0) is 20.3. The Morgan fingerprint density at radius 2 is 1.75 bits per heavy atom. The normalized spacial score (nSPS) is 11.3. The number of amides is 1. The molecule has 8 heteroatoms. The van der Waals surface area contributed by atoms with Crippen LogP contribution >= 0.6 is 0 Å². The van der Waals surface area contributed by atoms with Crippen molar-refractivity contribution in [2.24, 2.45) is 0 Å². The number of nitrogens with zero attached hydrogens (tertiary/aromatic N) is 3. The molecule has 0 unspecified atom stereocenters. The predicted octanol–water partition coefficient (Wildman–Crippen LogP) is 4.35. The highest BCUT2D eigenvalue weighted by Crippen LogP contribution is 2.27. The molecule has 3 aromatic rings. The molecule has 0 saturated heterocycles. The lowest BCUT2D eigenvalue weighted by Gasteiger charge is -2.19. The van der Waals surface area contributed by atoms with E-state index < -0.39 is 12.3 Å². The van der Waals surface area contributed by atoms with E-state index in [2.05, 4.69) is 9.84 Å². The van der Waals surface area contributed by atoms with Gasteiger partial charge >= 0.3 is 6.36 Å². The minimum absolute atomic E-state index is 0.0532. The molecule has 1 heterocycles. The van der Waals surface area contributed by atoms with Crippen LogP contribution in [0.5, 0.6) is 5.75 Å². The highest BCUT2D eigenvalue weighted by atomic mass is 19.4. The predicted molar refractivity (Wildman–Crippen MR) is 97.2 cm³/mol. The molecule has 3 rings (SSSR count). The Bertz CT molecular complexity index is 968. The number of rotatable bonds is 5. The van der Waals surface area contributed by atoms with Crippen molar-refractivity contribution in [3.8, 4) is 11.4 Å². The second kappa shape index (κ2) is 7.75. The molecule has 0 radical (unpaired) electrons. The zero-order valence-corrected chi connectivity index (χ0v) is 15.3. The summed E-state index contributed by atoms with van der Waals surface area (Å²) in [6.07, 6.45) is -4.80. The summed E-state index contributed by atoms with van der Waals surface area (Å²) in [5.74, 6) is -0.736. The molecule has 0 atom stereocenters. The molecule has 0 aliphatic heterocycles. The lowest BCUT2D eigenvalue weighted by Crippen LogP contribution is -2.27. The fourth-order valence-electron chi connectivity index (χ4n) is 2.79. The van der Waals surface area contributed by atoms with E-state index in [1.807, 2.05) is 37.3 Å². The van der Waals surface area contributed by atoms with Gasteiger partial charge < -0.3 is 9.64 Å². The van der Waals surface area contributed by atoms with E-state index in [9.17, 15) is 18.0 Å². The maximum Gasteiger partial charge on any atom is 0.573 e. The highest BCUT2D eigenvalue weighted by Gasteiger charge is 2.32. The summed E-state index contributed by atoms with van der Waals surface area (Å²) < 4.78 is 43.4. The van der Waals surface area contributed by atoms with E-state index in [0.717, 1.165) is 11.4 Å². The van der Waals surface area contributed by atoms with Crippen LogP contribution < -0.4 is 4.74 Å². The van der Waals surface area contributed by atoms with Gasteiger partial charge in [0.2, 0.25) is 0 Å². The van der Waals surface area contributed by atoms with Gasteiger partial charge in [0.15, 0.2) is 5.69 Å². The van der Waals surface area contributed by atoms with Crippen molar-refractivity contribution in [3.05, 3.63) is 77.6 Å². The van der Waals surface area contributed by atoms with Gasteiger partial charge in [-0.05, 0) is 31.2 Å². The molecule has 1 amide bonds. The van der Waals surface area contributed by atoms with Crippen molar-refractivity contribution >= 4 is 5.91 Å². The van der Waals surface area contributed by atoms with Crippen LogP contribution in [0.2, 0.25) is 0 Å². The standard InChI is InChI=1S/C20H18F3N3O2/c1-14-12-17(24-26(14)16-9-4-3-5-10-16)19(27)25(2)13-15-8-6-7-11-18(15)28-20(21,22)23/h3-12H,13H2,1-2H3. The Kier molecular flexibility index (Phi) is 5.39. The lowest BCUT2D eigenvalue weighted by molar-refractivity contribution is -0.275. The number of para-hydroxylation sites is 2. The Labute approximate surface area is 160 Å². The zero-order valence-electron chi connectivity index (χ0n) is 15.3. The first kappa shape index (κ1) is 19.5. The third kappa shape index (κ3) is 4.51. The number of benzene rings is 2. The van der Waals surface area contributed by atoms with Crippen molar-refractivity contribution in [2.75, 3.05) is 7.05 Å². The number of carbonyl (C=O) groups excluding carboxylic acids is 1. The van der Waals surface area contributed by atoms with E-state index in [-0.39, 0.29) is 23.6 Å². The topological polar surface area (TPSA) is 47.4 Å². The minimum Gasteiger partial charge on any atom is -0.405 e. The molecule has 146 valence electrons. The molecule has 5 nitrogen and oxygen atoms in total. The molecule has 28 heavy (non-hydrogen) atoms. The molecule has 0 spiro atoms. The lowest BCUT2D eigenvalue weighted by atomic mass is 10.2. The van der Waals surface area contributed by atoms with Gasteiger partial charge in [-0.1, -0.05) is 36.4 Å². The van der Waals surface area contributed by atoms with E-state index in [1.54, 1.807) is 16.8 Å². The van der Waals surface area contributed by atoms with Gasteiger partial charge in [0, 0.05) is 24.8 Å². The van der Waals surface area contributed by atoms with Crippen LogP contribution in [-0.2, 0) is 6.54 Å². The summed E-state index contributed by atoms with van der Waals surface area (Å²) >= 11 is 0. The molecule has 2 aromatic carbocycles. The van der Waals surface area contributed by atoms with Crippen molar-refractivity contribution in [2.45, 2.75) is 19.8 Å². The second-order valence-corrected chi connectivity index (χ2v) is 6.24. The summed E-state index contributed by atoms with van der Waals surface area (Å²) in [6, 6.07) is 16.7. The molecule has 0 fully saturated rings. The van der Waals surface area contributed by atoms with Gasteiger partial charge in [-0.25, -0.2) is 4.68 Å². The number of halogens is 3. The average molecular weight is 389 g/mol. The van der Waals surface area contributed by atoms with Gasteiger partial charge in [-0.3, -0.25) is 4.79 Å². The SMILES string of the molecule is Cc1cc(C(=O)N(C)Cc2ccccc2OC(F)(F)F)nn1-c1ccccc1. The monoisotopic (exact) mass is 389 g/mol. The van der Waals surface area contributed by atoms with Crippen LogP contribution in [0.4, 0.5) is 13.2 Å². The summed E-state index contributed by atoms with van der Waals surface area (Å²) in [4.78, 5) is 14.0. The van der Waals surface area contributed by atoms with E-state index >= 15 is 0 Å². The molecule has 0 aliphatic rings. The Hall–Kier alpha value is -3.29.